The van der Waals surface area contributed by atoms with Crippen molar-refractivity contribution in [1.82, 2.24) is 0 Å². The lowest BCUT2D eigenvalue weighted by atomic mass is 10.1. The third-order valence-electron chi connectivity index (χ3n) is 1.64. The van der Waals surface area contributed by atoms with Crippen LogP contribution >= 0.6 is 11.6 Å². The average molecular weight is 180 g/mol. The SMILES string of the molecule is C#CCC(N)c1ccccc1Cl. The van der Waals surface area contributed by atoms with Gasteiger partial charge in [0, 0.05) is 17.5 Å². The van der Waals surface area contributed by atoms with Gasteiger partial charge in [0.2, 0.25) is 0 Å². The van der Waals surface area contributed by atoms with Crippen molar-refractivity contribution in [3.63, 3.8) is 0 Å². The summed E-state index contributed by atoms with van der Waals surface area (Å²) >= 11 is 5.91. The van der Waals surface area contributed by atoms with Crippen molar-refractivity contribution in [3.8, 4) is 12.3 Å². The molecule has 1 rings (SSSR count). The van der Waals surface area contributed by atoms with E-state index in [2.05, 4.69) is 5.92 Å². The number of terminal acetylenes is 1. The van der Waals surface area contributed by atoms with Gasteiger partial charge in [0.25, 0.3) is 0 Å². The summed E-state index contributed by atoms with van der Waals surface area (Å²) in [5, 5.41) is 0.681. The van der Waals surface area contributed by atoms with Crippen molar-refractivity contribution in [3.05, 3.63) is 34.9 Å². The van der Waals surface area contributed by atoms with Crippen LogP contribution in [0, 0.1) is 12.3 Å². The van der Waals surface area contributed by atoms with Gasteiger partial charge in [-0.05, 0) is 11.6 Å². The second kappa shape index (κ2) is 4.15. The van der Waals surface area contributed by atoms with Crippen LogP contribution in [0.1, 0.15) is 18.0 Å². The van der Waals surface area contributed by atoms with Crippen molar-refractivity contribution in [1.29, 1.82) is 0 Å². The van der Waals surface area contributed by atoms with Gasteiger partial charge in [-0.3, -0.25) is 0 Å². The molecule has 1 aromatic rings. The van der Waals surface area contributed by atoms with E-state index >= 15 is 0 Å². The molecule has 2 heteroatoms. The third-order valence-corrected chi connectivity index (χ3v) is 1.99. The second-order valence-electron chi connectivity index (χ2n) is 2.54. The van der Waals surface area contributed by atoms with E-state index in [9.17, 15) is 0 Å². The predicted octanol–water partition coefficient (Wildman–Crippen LogP) is 2.36. The topological polar surface area (TPSA) is 26.0 Å². The molecule has 0 bridgehead atoms. The van der Waals surface area contributed by atoms with Crippen molar-refractivity contribution >= 4 is 11.6 Å². The standard InChI is InChI=1S/C10H10ClN/c1-2-5-10(12)8-6-3-4-7-9(8)11/h1,3-4,6-7,10H,5,12H2. The summed E-state index contributed by atoms with van der Waals surface area (Å²) < 4.78 is 0. The summed E-state index contributed by atoms with van der Waals surface area (Å²) in [6.45, 7) is 0. The van der Waals surface area contributed by atoms with E-state index in [4.69, 9.17) is 23.8 Å². The highest BCUT2D eigenvalue weighted by molar-refractivity contribution is 6.31. The van der Waals surface area contributed by atoms with Gasteiger partial charge in [0.15, 0.2) is 0 Å². The number of nitrogens with two attached hydrogens (primary N) is 1. The van der Waals surface area contributed by atoms with E-state index in [1.807, 2.05) is 24.3 Å². The van der Waals surface area contributed by atoms with Crippen LogP contribution in [0.15, 0.2) is 24.3 Å². The Kier molecular flexibility index (Phi) is 3.16. The van der Waals surface area contributed by atoms with E-state index in [0.29, 0.717) is 11.4 Å². The zero-order valence-corrected chi connectivity index (χ0v) is 7.38. The Hall–Kier alpha value is -0.970. The molecule has 0 spiro atoms. The van der Waals surface area contributed by atoms with E-state index in [1.54, 1.807) is 0 Å². The second-order valence-corrected chi connectivity index (χ2v) is 2.94. The molecule has 0 saturated heterocycles. The van der Waals surface area contributed by atoms with Crippen molar-refractivity contribution in [2.45, 2.75) is 12.5 Å². The molecule has 1 aromatic carbocycles. The first-order valence-electron chi connectivity index (χ1n) is 3.69. The van der Waals surface area contributed by atoms with Crippen LogP contribution in [-0.4, -0.2) is 0 Å². The average Bonchev–Trinajstić information content (AvgIpc) is 2.05. The van der Waals surface area contributed by atoms with Crippen LogP contribution in [0.25, 0.3) is 0 Å². The van der Waals surface area contributed by atoms with Crippen LogP contribution in [0.2, 0.25) is 5.02 Å². The number of halogens is 1. The number of hydrogen-bond donors (Lipinski definition) is 1. The van der Waals surface area contributed by atoms with Gasteiger partial charge in [0.1, 0.15) is 0 Å². The lowest BCUT2D eigenvalue weighted by molar-refractivity contribution is 0.755. The van der Waals surface area contributed by atoms with Gasteiger partial charge in [-0.25, -0.2) is 0 Å². The lowest BCUT2D eigenvalue weighted by Crippen LogP contribution is -2.09. The number of benzene rings is 1. The van der Waals surface area contributed by atoms with E-state index in [1.165, 1.54) is 0 Å². The van der Waals surface area contributed by atoms with Gasteiger partial charge >= 0.3 is 0 Å². The van der Waals surface area contributed by atoms with E-state index in [-0.39, 0.29) is 6.04 Å². The minimum absolute atomic E-state index is 0.149. The first-order valence-corrected chi connectivity index (χ1v) is 4.07. The Morgan fingerprint density at radius 3 is 2.75 bits per heavy atom. The molecule has 0 fully saturated rings. The molecular weight excluding hydrogens is 170 g/mol. The summed E-state index contributed by atoms with van der Waals surface area (Å²) in [6, 6.07) is 7.33. The molecule has 1 atom stereocenters. The Labute approximate surface area is 77.5 Å². The van der Waals surface area contributed by atoms with Crippen LogP contribution in [0.3, 0.4) is 0 Å². The molecule has 0 aliphatic carbocycles. The molecule has 1 nitrogen and oxygen atoms in total. The van der Waals surface area contributed by atoms with Crippen LogP contribution in [0.4, 0.5) is 0 Å². The van der Waals surface area contributed by atoms with Gasteiger partial charge < -0.3 is 5.73 Å². The maximum atomic E-state index is 5.91. The normalized spacial score (nSPS) is 12.1. The highest BCUT2D eigenvalue weighted by Gasteiger charge is 2.06. The van der Waals surface area contributed by atoms with Gasteiger partial charge in [-0.1, -0.05) is 29.8 Å². The molecule has 62 valence electrons. The summed E-state index contributed by atoms with van der Waals surface area (Å²) in [5.41, 5.74) is 6.69. The van der Waals surface area contributed by atoms with Crippen LogP contribution in [-0.2, 0) is 0 Å². The molecule has 0 aliphatic heterocycles. The van der Waals surface area contributed by atoms with Crippen LogP contribution in [0.5, 0.6) is 0 Å². The maximum Gasteiger partial charge on any atom is 0.0454 e. The largest absolute Gasteiger partial charge is 0.323 e. The summed E-state index contributed by atoms with van der Waals surface area (Å²) in [5.74, 6) is 2.51. The molecule has 1 unspecified atom stereocenters. The quantitative estimate of drug-likeness (QED) is 0.694. The highest BCUT2D eigenvalue weighted by Crippen LogP contribution is 2.22. The first-order chi connectivity index (χ1) is 5.75. The van der Waals surface area contributed by atoms with E-state index < -0.39 is 0 Å². The fraction of sp³-hybridized carbons (Fsp3) is 0.200. The first kappa shape index (κ1) is 9.12. The van der Waals surface area contributed by atoms with Gasteiger partial charge in [-0.15, -0.1) is 12.3 Å². The molecule has 0 saturated carbocycles. The molecule has 0 radical (unpaired) electrons. The number of rotatable bonds is 2. The maximum absolute atomic E-state index is 5.91. The van der Waals surface area contributed by atoms with Gasteiger partial charge in [0.05, 0.1) is 0 Å². The van der Waals surface area contributed by atoms with Crippen LogP contribution < -0.4 is 5.73 Å². The monoisotopic (exact) mass is 179 g/mol. The molecule has 0 aromatic heterocycles. The summed E-state index contributed by atoms with van der Waals surface area (Å²) in [4.78, 5) is 0. The van der Waals surface area contributed by atoms with Crippen molar-refractivity contribution in [2.75, 3.05) is 0 Å². The van der Waals surface area contributed by atoms with Crippen molar-refractivity contribution in [2.24, 2.45) is 5.73 Å². The molecule has 0 aliphatic rings. The Morgan fingerprint density at radius 1 is 1.50 bits per heavy atom. The molecule has 0 amide bonds. The Bertz CT molecular complexity index is 301. The smallest absolute Gasteiger partial charge is 0.0454 e. The van der Waals surface area contributed by atoms with Gasteiger partial charge in [-0.2, -0.15) is 0 Å². The molecular formula is C10H10ClN. The summed E-state index contributed by atoms with van der Waals surface area (Å²) in [7, 11) is 0. The van der Waals surface area contributed by atoms with Crippen molar-refractivity contribution < 1.29 is 0 Å². The third kappa shape index (κ3) is 2.01. The zero-order valence-electron chi connectivity index (χ0n) is 6.63. The minimum atomic E-state index is -0.149. The molecule has 2 N–H and O–H groups in total. The molecule has 12 heavy (non-hydrogen) atoms. The Morgan fingerprint density at radius 2 is 2.17 bits per heavy atom. The Balaban J connectivity index is 2.88. The fourth-order valence-corrected chi connectivity index (χ4v) is 1.29. The molecule has 0 heterocycles. The van der Waals surface area contributed by atoms with E-state index in [0.717, 1.165) is 5.56 Å². The summed E-state index contributed by atoms with van der Waals surface area (Å²) in [6.07, 6.45) is 5.66. The predicted molar refractivity (Wildman–Crippen MR) is 51.8 cm³/mol. The number of hydrogen-bond acceptors (Lipinski definition) is 1. The highest BCUT2D eigenvalue weighted by atomic mass is 35.5. The zero-order chi connectivity index (χ0) is 8.97. The lowest BCUT2D eigenvalue weighted by Gasteiger charge is -2.09. The fourth-order valence-electron chi connectivity index (χ4n) is 1.01. The minimum Gasteiger partial charge on any atom is -0.323 e.